The molecule has 2 heteroatoms. The maximum atomic E-state index is 3.63. The predicted molar refractivity (Wildman–Crippen MR) is 51.2 cm³/mol. The summed E-state index contributed by atoms with van der Waals surface area (Å²) in [6.45, 7) is 4.71. The highest BCUT2D eigenvalue weighted by Crippen LogP contribution is 2.29. The quantitative estimate of drug-likeness (QED) is 0.660. The largest absolute Gasteiger partial charge is 0.314 e. The Morgan fingerprint density at radius 2 is 2.25 bits per heavy atom. The first kappa shape index (κ1) is 8.52. The minimum absolute atomic E-state index is 0.809. The summed E-state index contributed by atoms with van der Waals surface area (Å²) in [6.07, 6.45) is 5.46. The van der Waals surface area contributed by atoms with Gasteiger partial charge in [-0.3, -0.25) is 0 Å². The Morgan fingerprint density at radius 1 is 1.33 bits per heavy atom. The molecule has 0 spiro atoms. The fourth-order valence-corrected chi connectivity index (χ4v) is 2.62. The normalized spacial score (nSPS) is 40.2. The monoisotopic (exact) mass is 168 g/mol. The molecule has 1 heterocycles. The summed E-state index contributed by atoms with van der Waals surface area (Å²) in [6, 6.07) is 1.64. The van der Waals surface area contributed by atoms with Crippen LogP contribution in [0.4, 0.5) is 0 Å². The van der Waals surface area contributed by atoms with Gasteiger partial charge in [-0.2, -0.15) is 0 Å². The van der Waals surface area contributed by atoms with Crippen LogP contribution >= 0.6 is 0 Å². The van der Waals surface area contributed by atoms with Crippen LogP contribution in [0.5, 0.6) is 0 Å². The molecule has 2 aliphatic rings. The van der Waals surface area contributed by atoms with Gasteiger partial charge < -0.3 is 10.6 Å². The fourth-order valence-electron chi connectivity index (χ4n) is 2.62. The molecule has 0 aromatic heterocycles. The summed E-state index contributed by atoms with van der Waals surface area (Å²) < 4.78 is 0. The zero-order valence-corrected chi connectivity index (χ0v) is 7.97. The lowest BCUT2D eigenvalue weighted by atomic mass is 9.86. The van der Waals surface area contributed by atoms with Crippen molar-refractivity contribution < 1.29 is 0 Å². The molecule has 2 N–H and O–H groups in total. The molecule has 0 radical (unpaired) electrons. The molecule has 3 atom stereocenters. The molecule has 2 fully saturated rings. The van der Waals surface area contributed by atoms with E-state index in [0.29, 0.717) is 0 Å². The third-order valence-electron chi connectivity index (χ3n) is 3.18. The lowest BCUT2D eigenvalue weighted by Gasteiger charge is -2.27. The second-order valence-corrected chi connectivity index (χ2v) is 4.33. The molecule has 2 bridgehead atoms. The predicted octanol–water partition coefficient (Wildman–Crippen LogP) is 1.13. The van der Waals surface area contributed by atoms with Gasteiger partial charge >= 0.3 is 0 Å². The molecule has 1 aliphatic heterocycles. The van der Waals surface area contributed by atoms with E-state index in [1.807, 2.05) is 0 Å². The molecular formula is C10H20N2. The van der Waals surface area contributed by atoms with E-state index < -0.39 is 0 Å². The van der Waals surface area contributed by atoms with Crippen LogP contribution in [-0.4, -0.2) is 25.2 Å². The van der Waals surface area contributed by atoms with Crippen LogP contribution in [0.3, 0.4) is 0 Å². The van der Waals surface area contributed by atoms with Gasteiger partial charge in [0.1, 0.15) is 0 Å². The van der Waals surface area contributed by atoms with Crippen molar-refractivity contribution in [3.05, 3.63) is 0 Å². The Morgan fingerprint density at radius 3 is 3.00 bits per heavy atom. The molecule has 2 rings (SSSR count). The van der Waals surface area contributed by atoms with E-state index in [1.165, 1.54) is 38.8 Å². The van der Waals surface area contributed by atoms with Crippen LogP contribution in [0.15, 0.2) is 0 Å². The van der Waals surface area contributed by atoms with Gasteiger partial charge in [-0.15, -0.1) is 0 Å². The van der Waals surface area contributed by atoms with Gasteiger partial charge in [-0.25, -0.2) is 0 Å². The number of hydrogen-bond donors (Lipinski definition) is 2. The summed E-state index contributed by atoms with van der Waals surface area (Å²) in [5, 5.41) is 7.22. The molecule has 0 amide bonds. The Bertz CT molecular complexity index is 135. The maximum Gasteiger partial charge on any atom is 0.00851 e. The summed E-state index contributed by atoms with van der Waals surface area (Å²) in [5.41, 5.74) is 0. The van der Waals surface area contributed by atoms with Crippen molar-refractivity contribution in [1.82, 2.24) is 10.6 Å². The highest BCUT2D eigenvalue weighted by Gasteiger charge is 2.33. The van der Waals surface area contributed by atoms with Crippen molar-refractivity contribution in [1.29, 1.82) is 0 Å². The summed E-state index contributed by atoms with van der Waals surface area (Å²) in [4.78, 5) is 0. The molecule has 12 heavy (non-hydrogen) atoms. The Hall–Kier alpha value is -0.0800. The van der Waals surface area contributed by atoms with E-state index in [0.717, 1.165) is 18.0 Å². The summed E-state index contributed by atoms with van der Waals surface area (Å²) in [5.74, 6) is 0.970. The van der Waals surface area contributed by atoms with Gasteiger partial charge in [0.15, 0.2) is 0 Å². The van der Waals surface area contributed by atoms with Crippen LogP contribution in [0, 0.1) is 5.92 Å². The standard InChI is InChI=1S/C10H20N2/c1-2-3-11-9-4-8-5-10(6-9)12-7-8/h8-12H,2-7H2,1H3. The zero-order chi connectivity index (χ0) is 8.39. The van der Waals surface area contributed by atoms with Crippen molar-refractivity contribution >= 4 is 0 Å². The van der Waals surface area contributed by atoms with Crippen molar-refractivity contribution in [2.45, 2.75) is 44.7 Å². The summed E-state index contributed by atoms with van der Waals surface area (Å²) in [7, 11) is 0. The molecule has 1 saturated heterocycles. The van der Waals surface area contributed by atoms with E-state index in [1.54, 1.807) is 0 Å². The van der Waals surface area contributed by atoms with Crippen molar-refractivity contribution in [3.63, 3.8) is 0 Å². The van der Waals surface area contributed by atoms with Crippen LogP contribution < -0.4 is 10.6 Å². The average molecular weight is 168 g/mol. The average Bonchev–Trinajstić information content (AvgIpc) is 2.42. The van der Waals surface area contributed by atoms with Gasteiger partial charge in [-0.05, 0) is 44.7 Å². The third kappa shape index (κ3) is 1.80. The van der Waals surface area contributed by atoms with Gasteiger partial charge in [0.05, 0.1) is 0 Å². The third-order valence-corrected chi connectivity index (χ3v) is 3.18. The molecule has 70 valence electrons. The van der Waals surface area contributed by atoms with Gasteiger partial charge in [0, 0.05) is 12.1 Å². The molecule has 1 saturated carbocycles. The van der Waals surface area contributed by atoms with Crippen LogP contribution in [0.2, 0.25) is 0 Å². The van der Waals surface area contributed by atoms with Gasteiger partial charge in [0.25, 0.3) is 0 Å². The maximum absolute atomic E-state index is 3.63. The second kappa shape index (κ2) is 3.75. The first-order valence-electron chi connectivity index (χ1n) is 5.35. The first-order valence-corrected chi connectivity index (χ1v) is 5.35. The van der Waals surface area contributed by atoms with Crippen LogP contribution in [0.1, 0.15) is 32.6 Å². The number of fused-ring (bicyclic) bond motifs is 2. The first-order chi connectivity index (χ1) is 5.88. The lowest BCUT2D eigenvalue weighted by molar-refractivity contribution is 0.318. The van der Waals surface area contributed by atoms with E-state index >= 15 is 0 Å². The van der Waals surface area contributed by atoms with Crippen molar-refractivity contribution in [2.24, 2.45) is 5.92 Å². The van der Waals surface area contributed by atoms with Crippen molar-refractivity contribution in [3.8, 4) is 0 Å². The van der Waals surface area contributed by atoms with Gasteiger partial charge in [0.2, 0.25) is 0 Å². The molecule has 2 nitrogen and oxygen atoms in total. The Kier molecular flexibility index (Phi) is 2.66. The van der Waals surface area contributed by atoms with E-state index in [9.17, 15) is 0 Å². The van der Waals surface area contributed by atoms with E-state index in [4.69, 9.17) is 0 Å². The number of hydrogen-bond acceptors (Lipinski definition) is 2. The van der Waals surface area contributed by atoms with Crippen LogP contribution in [0.25, 0.3) is 0 Å². The van der Waals surface area contributed by atoms with E-state index in [-0.39, 0.29) is 0 Å². The molecule has 1 aliphatic carbocycles. The van der Waals surface area contributed by atoms with Gasteiger partial charge in [-0.1, -0.05) is 6.92 Å². The van der Waals surface area contributed by atoms with Crippen molar-refractivity contribution in [2.75, 3.05) is 13.1 Å². The van der Waals surface area contributed by atoms with Crippen LogP contribution in [-0.2, 0) is 0 Å². The minimum Gasteiger partial charge on any atom is -0.314 e. The molecule has 3 unspecified atom stereocenters. The number of nitrogens with one attached hydrogen (secondary N) is 2. The molecule has 0 aromatic carbocycles. The zero-order valence-electron chi connectivity index (χ0n) is 7.97. The Labute approximate surface area is 75.1 Å². The highest BCUT2D eigenvalue weighted by molar-refractivity contribution is 4.92. The minimum atomic E-state index is 0.809. The molecule has 0 aromatic rings. The number of rotatable bonds is 3. The smallest absolute Gasteiger partial charge is 0.00851 e. The summed E-state index contributed by atoms with van der Waals surface area (Å²) >= 11 is 0. The molecular weight excluding hydrogens is 148 g/mol. The highest BCUT2D eigenvalue weighted by atomic mass is 15.0. The van der Waals surface area contributed by atoms with E-state index in [2.05, 4.69) is 17.6 Å². The fraction of sp³-hybridized carbons (Fsp3) is 1.00. The Balaban J connectivity index is 1.78. The lowest BCUT2D eigenvalue weighted by Crippen LogP contribution is -2.38. The topological polar surface area (TPSA) is 24.1 Å². The SMILES string of the molecule is CCCNC1CC2CNC(C2)C1. The second-order valence-electron chi connectivity index (χ2n) is 4.33.